The summed E-state index contributed by atoms with van der Waals surface area (Å²) in [6.45, 7) is 6.18. The Morgan fingerprint density at radius 2 is 1.67 bits per heavy atom. The molecule has 0 saturated carbocycles. The van der Waals surface area contributed by atoms with Gasteiger partial charge in [0.25, 0.3) is 0 Å². The second-order valence-electron chi connectivity index (χ2n) is 8.58. The van der Waals surface area contributed by atoms with E-state index in [0.29, 0.717) is 22.0 Å². The van der Waals surface area contributed by atoms with Crippen LogP contribution < -0.4 is 10.6 Å². The van der Waals surface area contributed by atoms with E-state index >= 15 is 0 Å². The summed E-state index contributed by atoms with van der Waals surface area (Å²) in [6, 6.07) is 14.4. The molecule has 0 aliphatic rings. The summed E-state index contributed by atoms with van der Waals surface area (Å²) in [6.07, 6.45) is 3.41. The Morgan fingerprint density at radius 1 is 0.970 bits per heavy atom. The summed E-state index contributed by atoms with van der Waals surface area (Å²) in [5.41, 5.74) is 3.38. The molecule has 33 heavy (non-hydrogen) atoms. The Balaban J connectivity index is 1.68. The van der Waals surface area contributed by atoms with Gasteiger partial charge in [-0.15, -0.1) is 0 Å². The van der Waals surface area contributed by atoms with E-state index in [1.807, 2.05) is 12.1 Å². The van der Waals surface area contributed by atoms with Crippen molar-refractivity contribution in [2.45, 2.75) is 26.2 Å². The van der Waals surface area contributed by atoms with Crippen molar-refractivity contribution >= 4 is 29.0 Å². The van der Waals surface area contributed by atoms with Crippen LogP contribution in [-0.4, -0.2) is 21.0 Å². The Morgan fingerprint density at radius 3 is 2.33 bits per heavy atom. The van der Waals surface area contributed by atoms with Gasteiger partial charge in [-0.25, -0.2) is 14.2 Å². The van der Waals surface area contributed by atoms with Crippen molar-refractivity contribution in [1.82, 2.24) is 15.0 Å². The molecule has 4 rings (SSSR count). The quantitative estimate of drug-likeness (QED) is 0.308. The second-order valence-corrected chi connectivity index (χ2v) is 9.01. The first-order valence-corrected chi connectivity index (χ1v) is 10.7. The lowest BCUT2D eigenvalue weighted by Crippen LogP contribution is -2.20. The standard InChI is InChI=1S/C25H23ClFN5O/c1-25(2,3)23-31-21(15-10-12-28-13-11-15)22(32-23)16-4-9-19(27)20(14-16)30-24(33)29-18-7-5-17(26)6-8-18/h4-14H,1-3H3,(H,31,32)(H2,29,30,33). The molecule has 0 radical (unpaired) electrons. The number of nitrogens with zero attached hydrogens (tertiary/aromatic N) is 2. The fourth-order valence-electron chi connectivity index (χ4n) is 3.25. The Bertz CT molecular complexity index is 1280. The van der Waals surface area contributed by atoms with Crippen LogP contribution >= 0.6 is 11.6 Å². The summed E-state index contributed by atoms with van der Waals surface area (Å²) in [4.78, 5) is 24.7. The van der Waals surface area contributed by atoms with E-state index in [1.54, 1.807) is 48.8 Å². The molecule has 4 aromatic rings. The van der Waals surface area contributed by atoms with E-state index in [1.165, 1.54) is 6.07 Å². The van der Waals surface area contributed by atoms with E-state index in [0.717, 1.165) is 17.1 Å². The third-order valence-electron chi connectivity index (χ3n) is 4.97. The van der Waals surface area contributed by atoms with Crippen LogP contribution in [0.15, 0.2) is 67.0 Å². The molecule has 168 valence electrons. The zero-order valence-corrected chi connectivity index (χ0v) is 19.2. The van der Waals surface area contributed by atoms with Crippen LogP contribution in [0.1, 0.15) is 26.6 Å². The van der Waals surface area contributed by atoms with Gasteiger partial charge in [-0.3, -0.25) is 4.98 Å². The lowest BCUT2D eigenvalue weighted by atomic mass is 9.96. The molecule has 0 saturated heterocycles. The molecule has 2 heterocycles. The minimum Gasteiger partial charge on any atom is -0.341 e. The molecular weight excluding hydrogens is 441 g/mol. The minimum atomic E-state index is -0.569. The van der Waals surface area contributed by atoms with Crippen molar-refractivity contribution < 1.29 is 9.18 Å². The number of urea groups is 1. The number of carbonyl (C=O) groups is 1. The first kappa shape index (κ1) is 22.5. The Labute approximate surface area is 196 Å². The number of anilines is 2. The summed E-state index contributed by atoms with van der Waals surface area (Å²) in [5.74, 6) is 0.241. The third kappa shape index (κ3) is 5.21. The molecule has 0 spiro atoms. The van der Waals surface area contributed by atoms with Crippen LogP contribution in [-0.2, 0) is 5.41 Å². The first-order chi connectivity index (χ1) is 15.7. The number of hydrogen-bond acceptors (Lipinski definition) is 3. The highest BCUT2D eigenvalue weighted by Gasteiger charge is 2.23. The number of aromatic nitrogens is 3. The van der Waals surface area contributed by atoms with Crippen LogP contribution in [0, 0.1) is 5.82 Å². The number of hydrogen-bond donors (Lipinski definition) is 3. The minimum absolute atomic E-state index is 0.0416. The van der Waals surface area contributed by atoms with E-state index in [-0.39, 0.29) is 11.1 Å². The fraction of sp³-hybridized carbons (Fsp3) is 0.160. The maximum atomic E-state index is 14.6. The number of halogens is 2. The van der Waals surface area contributed by atoms with Crippen molar-refractivity contribution in [3.05, 3.63) is 83.7 Å². The van der Waals surface area contributed by atoms with E-state index in [2.05, 4.69) is 41.4 Å². The smallest absolute Gasteiger partial charge is 0.323 e. The largest absolute Gasteiger partial charge is 0.341 e. The fourth-order valence-corrected chi connectivity index (χ4v) is 3.38. The van der Waals surface area contributed by atoms with Crippen molar-refractivity contribution in [3.8, 4) is 22.5 Å². The van der Waals surface area contributed by atoms with Crippen LogP contribution in [0.5, 0.6) is 0 Å². The maximum Gasteiger partial charge on any atom is 0.323 e. The van der Waals surface area contributed by atoms with Crippen molar-refractivity contribution in [2.24, 2.45) is 0 Å². The van der Waals surface area contributed by atoms with E-state index < -0.39 is 11.8 Å². The topological polar surface area (TPSA) is 82.7 Å². The van der Waals surface area contributed by atoms with Gasteiger partial charge in [0, 0.05) is 39.6 Å². The lowest BCUT2D eigenvalue weighted by Gasteiger charge is -2.14. The van der Waals surface area contributed by atoms with Gasteiger partial charge in [0.15, 0.2) is 0 Å². The van der Waals surface area contributed by atoms with Gasteiger partial charge in [0.2, 0.25) is 0 Å². The molecule has 2 aromatic heterocycles. The number of rotatable bonds is 4. The number of carbonyl (C=O) groups excluding carboxylic acids is 1. The number of nitrogens with one attached hydrogen (secondary N) is 3. The highest BCUT2D eigenvalue weighted by Crippen LogP contribution is 2.34. The summed E-state index contributed by atoms with van der Waals surface area (Å²) in [5, 5.41) is 5.79. The van der Waals surface area contributed by atoms with Crippen LogP contribution in [0.4, 0.5) is 20.6 Å². The van der Waals surface area contributed by atoms with Crippen LogP contribution in [0.2, 0.25) is 5.02 Å². The van der Waals surface area contributed by atoms with Gasteiger partial charge in [-0.1, -0.05) is 32.4 Å². The normalized spacial score (nSPS) is 11.3. The molecule has 8 heteroatoms. The molecule has 0 aliphatic carbocycles. The third-order valence-corrected chi connectivity index (χ3v) is 5.23. The monoisotopic (exact) mass is 463 g/mol. The number of H-pyrrole nitrogens is 1. The molecular formula is C25H23ClFN5O. The molecule has 0 bridgehead atoms. The molecule has 2 amide bonds. The lowest BCUT2D eigenvalue weighted by molar-refractivity contribution is 0.262. The summed E-state index contributed by atoms with van der Waals surface area (Å²) >= 11 is 5.87. The predicted octanol–water partition coefficient (Wildman–Crippen LogP) is 6.87. The number of benzene rings is 2. The molecule has 0 unspecified atom stereocenters. The molecule has 0 aliphatic heterocycles. The number of imidazole rings is 1. The molecule has 0 fully saturated rings. The highest BCUT2D eigenvalue weighted by atomic mass is 35.5. The Kier molecular flexibility index (Phi) is 6.16. The second kappa shape index (κ2) is 9.03. The van der Waals surface area contributed by atoms with Crippen LogP contribution in [0.3, 0.4) is 0 Å². The average molecular weight is 464 g/mol. The van der Waals surface area contributed by atoms with E-state index in [4.69, 9.17) is 16.6 Å². The SMILES string of the molecule is CC(C)(C)c1nc(-c2ccc(F)c(NC(=O)Nc3ccc(Cl)cc3)c2)c(-c2ccncc2)[nH]1. The number of pyridine rings is 1. The zero-order valence-electron chi connectivity index (χ0n) is 18.4. The number of amides is 2. The molecule has 0 atom stereocenters. The van der Waals surface area contributed by atoms with Gasteiger partial charge in [-0.2, -0.15) is 0 Å². The number of aromatic amines is 1. The molecule has 3 N–H and O–H groups in total. The van der Waals surface area contributed by atoms with Gasteiger partial charge in [-0.05, 0) is 54.6 Å². The molecule has 2 aromatic carbocycles. The van der Waals surface area contributed by atoms with Gasteiger partial charge in [0.05, 0.1) is 17.1 Å². The first-order valence-electron chi connectivity index (χ1n) is 10.3. The maximum absolute atomic E-state index is 14.6. The van der Waals surface area contributed by atoms with Crippen molar-refractivity contribution in [1.29, 1.82) is 0 Å². The van der Waals surface area contributed by atoms with Crippen molar-refractivity contribution in [2.75, 3.05) is 10.6 Å². The van der Waals surface area contributed by atoms with Crippen LogP contribution in [0.25, 0.3) is 22.5 Å². The summed E-state index contributed by atoms with van der Waals surface area (Å²) < 4.78 is 14.6. The summed E-state index contributed by atoms with van der Waals surface area (Å²) in [7, 11) is 0. The van der Waals surface area contributed by atoms with Gasteiger partial charge in [0.1, 0.15) is 11.6 Å². The Hall–Kier alpha value is -3.71. The highest BCUT2D eigenvalue weighted by molar-refractivity contribution is 6.30. The van der Waals surface area contributed by atoms with Gasteiger partial charge < -0.3 is 15.6 Å². The average Bonchev–Trinajstić information content (AvgIpc) is 3.24. The van der Waals surface area contributed by atoms with E-state index in [9.17, 15) is 9.18 Å². The molecule has 6 nitrogen and oxygen atoms in total. The van der Waals surface area contributed by atoms with Gasteiger partial charge >= 0.3 is 6.03 Å². The predicted molar refractivity (Wildman–Crippen MR) is 130 cm³/mol. The zero-order chi connectivity index (χ0) is 23.6. The van der Waals surface area contributed by atoms with Crippen molar-refractivity contribution in [3.63, 3.8) is 0 Å².